The van der Waals surface area contributed by atoms with E-state index in [2.05, 4.69) is 5.32 Å². The molecule has 17 heavy (non-hydrogen) atoms. The molecule has 0 spiro atoms. The zero-order chi connectivity index (χ0) is 12.7. The Morgan fingerprint density at radius 3 is 2.82 bits per heavy atom. The number of hydrogen-bond acceptors (Lipinski definition) is 4. The number of nitrogens with one attached hydrogen (secondary N) is 1. The molecule has 1 unspecified atom stereocenters. The van der Waals surface area contributed by atoms with Gasteiger partial charge in [0.15, 0.2) is 0 Å². The lowest BCUT2D eigenvalue weighted by molar-refractivity contribution is -0.113. The van der Waals surface area contributed by atoms with Gasteiger partial charge >= 0.3 is 0 Å². The van der Waals surface area contributed by atoms with Crippen LogP contribution < -0.4 is 11.1 Å². The molecule has 1 aromatic rings. The van der Waals surface area contributed by atoms with Gasteiger partial charge < -0.3 is 15.8 Å². The predicted molar refractivity (Wildman–Crippen MR) is 69.2 cm³/mol. The van der Waals surface area contributed by atoms with Gasteiger partial charge in [-0.15, -0.1) is 0 Å². The Labute approximate surface area is 103 Å². The van der Waals surface area contributed by atoms with Gasteiger partial charge in [-0.25, -0.2) is 0 Å². The molecule has 94 valence electrons. The van der Waals surface area contributed by atoms with E-state index in [9.17, 15) is 9.00 Å². The van der Waals surface area contributed by atoms with Crippen molar-refractivity contribution in [2.75, 3.05) is 36.3 Å². The van der Waals surface area contributed by atoms with Crippen molar-refractivity contribution in [3.8, 4) is 0 Å². The molecule has 6 heteroatoms. The first-order chi connectivity index (χ1) is 8.13. The van der Waals surface area contributed by atoms with Gasteiger partial charge in [0.05, 0.1) is 18.0 Å². The average Bonchev–Trinajstić information content (AvgIpc) is 2.29. The third-order valence-corrected chi connectivity index (χ3v) is 3.25. The van der Waals surface area contributed by atoms with Crippen molar-refractivity contribution < 1.29 is 13.7 Å². The van der Waals surface area contributed by atoms with E-state index in [0.29, 0.717) is 23.7 Å². The first-order valence-corrected chi connectivity index (χ1v) is 6.60. The van der Waals surface area contributed by atoms with Gasteiger partial charge in [0.2, 0.25) is 5.91 Å². The Hall–Kier alpha value is -1.40. The van der Waals surface area contributed by atoms with Crippen molar-refractivity contribution in [1.29, 1.82) is 0 Å². The number of nitrogen functional groups attached to an aromatic ring is 1. The molecule has 0 aliphatic heterocycles. The maximum absolute atomic E-state index is 11.5. The van der Waals surface area contributed by atoms with Crippen molar-refractivity contribution >= 4 is 28.1 Å². The fraction of sp³-hybridized carbons (Fsp3) is 0.364. The number of amides is 1. The monoisotopic (exact) mass is 256 g/mol. The van der Waals surface area contributed by atoms with Crippen molar-refractivity contribution in [3.63, 3.8) is 0 Å². The molecule has 0 aliphatic carbocycles. The van der Waals surface area contributed by atoms with Crippen LogP contribution in [-0.2, 0) is 20.3 Å². The predicted octanol–water partition coefficient (Wildman–Crippen LogP) is 0.602. The quantitative estimate of drug-likeness (QED) is 0.730. The Morgan fingerprint density at radius 2 is 2.18 bits per heavy atom. The summed E-state index contributed by atoms with van der Waals surface area (Å²) >= 11 is 0. The summed E-state index contributed by atoms with van der Waals surface area (Å²) in [5.74, 6) is 0.00337. The van der Waals surface area contributed by atoms with E-state index in [0.717, 1.165) is 0 Å². The number of methoxy groups -OCH3 is 1. The molecule has 1 aromatic carbocycles. The van der Waals surface area contributed by atoms with Crippen molar-refractivity contribution in [1.82, 2.24) is 0 Å². The van der Waals surface area contributed by atoms with Crippen molar-refractivity contribution in [2.45, 2.75) is 0 Å². The van der Waals surface area contributed by atoms with Crippen molar-refractivity contribution in [2.24, 2.45) is 0 Å². The van der Waals surface area contributed by atoms with Crippen LogP contribution in [0.1, 0.15) is 0 Å². The summed E-state index contributed by atoms with van der Waals surface area (Å²) < 4.78 is 16.2. The molecule has 0 fully saturated rings. The molecule has 0 heterocycles. The minimum absolute atomic E-state index is 0.0440. The number of ether oxygens (including phenoxy) is 1. The number of anilines is 2. The molecule has 1 amide bonds. The molecule has 0 saturated heterocycles. The average molecular weight is 256 g/mol. The second-order valence-corrected chi connectivity index (χ2v) is 4.99. The number of carbonyl (C=O) groups is 1. The molecular formula is C11H16N2O3S. The van der Waals surface area contributed by atoms with Gasteiger partial charge in [-0.2, -0.15) is 0 Å². The molecule has 0 aromatic heterocycles. The summed E-state index contributed by atoms with van der Waals surface area (Å²) in [6.45, 7) is 0.382. The third-order valence-electron chi connectivity index (χ3n) is 2.04. The lowest BCUT2D eigenvalue weighted by Crippen LogP contribution is -2.22. The summed E-state index contributed by atoms with van der Waals surface area (Å²) in [4.78, 5) is 11.5. The number of carbonyl (C=O) groups excluding carboxylic acids is 1. The molecule has 1 atom stereocenters. The highest BCUT2D eigenvalue weighted by molar-refractivity contribution is 7.85. The standard InChI is InChI=1S/C11H16N2O3S/c1-16-6-7-17(15)8-11(14)13-10-5-3-2-4-9(10)12/h2-5H,6-8,12H2,1H3,(H,13,14). The van der Waals surface area contributed by atoms with E-state index in [-0.39, 0.29) is 11.7 Å². The first kappa shape index (κ1) is 13.7. The molecule has 1 rings (SSSR count). The van der Waals surface area contributed by atoms with Crippen LogP contribution in [0.15, 0.2) is 24.3 Å². The number of hydrogen-bond donors (Lipinski definition) is 2. The van der Waals surface area contributed by atoms with E-state index in [1.165, 1.54) is 7.11 Å². The van der Waals surface area contributed by atoms with Gasteiger partial charge in [-0.3, -0.25) is 9.00 Å². The van der Waals surface area contributed by atoms with Crippen LogP contribution in [0.2, 0.25) is 0 Å². The highest BCUT2D eigenvalue weighted by Crippen LogP contribution is 2.16. The van der Waals surface area contributed by atoms with E-state index >= 15 is 0 Å². The fourth-order valence-electron chi connectivity index (χ4n) is 1.19. The summed E-state index contributed by atoms with van der Waals surface area (Å²) in [5.41, 5.74) is 6.70. The van der Waals surface area contributed by atoms with Crippen LogP contribution in [0.5, 0.6) is 0 Å². The van der Waals surface area contributed by atoms with Gasteiger partial charge in [-0.05, 0) is 12.1 Å². The zero-order valence-electron chi connectivity index (χ0n) is 9.64. The maximum Gasteiger partial charge on any atom is 0.237 e. The largest absolute Gasteiger partial charge is 0.397 e. The normalized spacial score (nSPS) is 12.1. The van der Waals surface area contributed by atoms with Crippen LogP contribution >= 0.6 is 0 Å². The van der Waals surface area contributed by atoms with Crippen LogP contribution in [-0.4, -0.2) is 35.3 Å². The van der Waals surface area contributed by atoms with Crippen LogP contribution in [0.25, 0.3) is 0 Å². The number of nitrogens with two attached hydrogens (primary N) is 1. The molecule has 0 saturated carbocycles. The van der Waals surface area contributed by atoms with E-state index in [1.807, 2.05) is 0 Å². The van der Waals surface area contributed by atoms with Gasteiger partial charge in [0, 0.05) is 23.7 Å². The van der Waals surface area contributed by atoms with Crippen LogP contribution in [0, 0.1) is 0 Å². The molecule has 5 nitrogen and oxygen atoms in total. The molecule has 0 bridgehead atoms. The molecule has 0 aliphatic rings. The second kappa shape index (κ2) is 7.03. The third kappa shape index (κ3) is 4.97. The second-order valence-electron chi connectivity index (χ2n) is 3.42. The number of para-hydroxylation sites is 2. The minimum Gasteiger partial charge on any atom is -0.397 e. The lowest BCUT2D eigenvalue weighted by atomic mass is 10.3. The smallest absolute Gasteiger partial charge is 0.237 e. The fourth-order valence-corrected chi connectivity index (χ4v) is 2.05. The Kier molecular flexibility index (Phi) is 5.65. The maximum atomic E-state index is 11.5. The molecule has 0 radical (unpaired) electrons. The Bertz CT molecular complexity index is 409. The summed E-state index contributed by atoms with van der Waals surface area (Å²) in [7, 11) is 0.322. The topological polar surface area (TPSA) is 81.4 Å². The van der Waals surface area contributed by atoms with Crippen molar-refractivity contribution in [3.05, 3.63) is 24.3 Å². The number of benzene rings is 1. The van der Waals surface area contributed by atoms with Gasteiger partial charge in [0.25, 0.3) is 0 Å². The molecular weight excluding hydrogens is 240 g/mol. The summed E-state index contributed by atoms with van der Waals surface area (Å²) in [5, 5.41) is 2.62. The Morgan fingerprint density at radius 1 is 1.47 bits per heavy atom. The first-order valence-electron chi connectivity index (χ1n) is 5.11. The minimum atomic E-state index is -1.21. The van der Waals surface area contributed by atoms with E-state index in [4.69, 9.17) is 10.5 Å². The zero-order valence-corrected chi connectivity index (χ0v) is 10.5. The number of rotatable bonds is 6. The summed E-state index contributed by atoms with van der Waals surface area (Å²) in [6, 6.07) is 6.94. The van der Waals surface area contributed by atoms with Gasteiger partial charge in [-0.1, -0.05) is 12.1 Å². The summed E-state index contributed by atoms with van der Waals surface area (Å²) in [6.07, 6.45) is 0. The molecule has 3 N–H and O–H groups in total. The SMILES string of the molecule is COCCS(=O)CC(=O)Nc1ccccc1N. The highest BCUT2D eigenvalue weighted by Gasteiger charge is 2.09. The highest BCUT2D eigenvalue weighted by atomic mass is 32.2. The van der Waals surface area contributed by atoms with E-state index in [1.54, 1.807) is 24.3 Å². The van der Waals surface area contributed by atoms with Crippen LogP contribution in [0.3, 0.4) is 0 Å². The Balaban J connectivity index is 2.45. The van der Waals surface area contributed by atoms with Gasteiger partial charge in [0.1, 0.15) is 5.75 Å². The van der Waals surface area contributed by atoms with Crippen LogP contribution in [0.4, 0.5) is 11.4 Å². The lowest BCUT2D eigenvalue weighted by Gasteiger charge is -2.07. The van der Waals surface area contributed by atoms with E-state index < -0.39 is 10.8 Å².